The summed E-state index contributed by atoms with van der Waals surface area (Å²) in [5.41, 5.74) is 13.9. The van der Waals surface area contributed by atoms with E-state index in [0.717, 1.165) is 11.8 Å². The van der Waals surface area contributed by atoms with E-state index in [-0.39, 0.29) is 0 Å². The van der Waals surface area contributed by atoms with E-state index in [1.165, 1.54) is 70.6 Å². The van der Waals surface area contributed by atoms with E-state index in [1.54, 1.807) is 39.0 Å². The summed E-state index contributed by atoms with van der Waals surface area (Å²) in [5.74, 6) is 1.58. The van der Waals surface area contributed by atoms with Crippen molar-refractivity contribution in [3.63, 3.8) is 0 Å². The van der Waals surface area contributed by atoms with Gasteiger partial charge in [-0.3, -0.25) is 0 Å². The molecule has 0 saturated heterocycles. The van der Waals surface area contributed by atoms with Gasteiger partial charge in [-0.15, -0.1) is 0 Å². The highest BCUT2D eigenvalue weighted by molar-refractivity contribution is 5.55. The lowest BCUT2D eigenvalue weighted by Crippen LogP contribution is -2.05. The van der Waals surface area contributed by atoms with Crippen molar-refractivity contribution in [3.05, 3.63) is 44.6 Å². The number of allylic oxidation sites excluding steroid dienone is 8. The van der Waals surface area contributed by atoms with Gasteiger partial charge in [0.05, 0.1) is 0 Å². The van der Waals surface area contributed by atoms with Crippen molar-refractivity contribution in [2.75, 3.05) is 0 Å². The van der Waals surface area contributed by atoms with Gasteiger partial charge in [-0.25, -0.2) is 0 Å². The Morgan fingerprint density at radius 1 is 0.640 bits per heavy atom. The molecule has 4 aliphatic carbocycles. The van der Waals surface area contributed by atoms with Gasteiger partial charge in [0.1, 0.15) is 0 Å². The lowest BCUT2D eigenvalue weighted by Gasteiger charge is -2.20. The molecule has 0 bridgehead atoms. The smallest absolute Gasteiger partial charge is 0.00219 e. The molecule has 0 spiro atoms. The zero-order valence-corrected chi connectivity index (χ0v) is 16.9. The van der Waals surface area contributed by atoms with Crippen LogP contribution in [0.2, 0.25) is 0 Å². The van der Waals surface area contributed by atoms with Gasteiger partial charge in [-0.05, 0) is 94.9 Å². The molecule has 2 saturated carbocycles. The number of rotatable bonds is 2. The van der Waals surface area contributed by atoms with Crippen LogP contribution in [0.15, 0.2) is 44.6 Å². The third-order valence-corrected chi connectivity index (χ3v) is 7.97. The number of hydrogen-bond donors (Lipinski definition) is 0. The lowest BCUT2D eigenvalue weighted by atomic mass is 9.85. The molecule has 0 radical (unpaired) electrons. The maximum Gasteiger partial charge on any atom is 0.00219 e. The van der Waals surface area contributed by atoms with Crippen LogP contribution in [0, 0.1) is 11.8 Å². The fourth-order valence-electron chi connectivity index (χ4n) is 6.30. The van der Waals surface area contributed by atoms with Gasteiger partial charge in [-0.2, -0.15) is 0 Å². The first-order chi connectivity index (χ1) is 12.1. The molecule has 2 fully saturated rings. The first-order valence-electron chi connectivity index (χ1n) is 10.9. The molecular formula is C25H36. The minimum absolute atomic E-state index is 0.783. The Kier molecular flexibility index (Phi) is 4.82. The zero-order chi connectivity index (χ0) is 17.6. The predicted molar refractivity (Wildman–Crippen MR) is 109 cm³/mol. The average molecular weight is 337 g/mol. The summed E-state index contributed by atoms with van der Waals surface area (Å²) < 4.78 is 0. The molecule has 4 aliphatic rings. The summed E-state index contributed by atoms with van der Waals surface area (Å²) in [7, 11) is 0. The minimum Gasteiger partial charge on any atom is -0.0623 e. The molecule has 0 aromatic rings. The van der Waals surface area contributed by atoms with Gasteiger partial charge in [0.2, 0.25) is 0 Å². The molecule has 25 heavy (non-hydrogen) atoms. The van der Waals surface area contributed by atoms with Gasteiger partial charge in [0.25, 0.3) is 0 Å². The van der Waals surface area contributed by atoms with Crippen molar-refractivity contribution in [3.8, 4) is 0 Å². The van der Waals surface area contributed by atoms with E-state index >= 15 is 0 Å². The molecule has 0 nitrogen and oxygen atoms in total. The van der Waals surface area contributed by atoms with Crippen LogP contribution in [-0.2, 0) is 0 Å². The highest BCUT2D eigenvalue weighted by Crippen LogP contribution is 2.50. The monoisotopic (exact) mass is 336 g/mol. The second kappa shape index (κ2) is 6.93. The Hall–Kier alpha value is -1.04. The van der Waals surface area contributed by atoms with E-state index in [2.05, 4.69) is 27.7 Å². The summed E-state index contributed by atoms with van der Waals surface area (Å²) >= 11 is 0. The molecular weight excluding hydrogens is 300 g/mol. The summed E-state index contributed by atoms with van der Waals surface area (Å²) in [6.07, 6.45) is 15.3. The molecule has 2 unspecified atom stereocenters. The maximum absolute atomic E-state index is 2.46. The Balaban J connectivity index is 1.65. The highest BCUT2D eigenvalue weighted by Gasteiger charge is 2.34. The van der Waals surface area contributed by atoms with Gasteiger partial charge in [-0.1, -0.05) is 48.0 Å². The Labute approximate surface area is 155 Å². The molecule has 0 heterocycles. The fourth-order valence-corrected chi connectivity index (χ4v) is 6.30. The van der Waals surface area contributed by atoms with Crippen LogP contribution in [0.3, 0.4) is 0 Å². The third kappa shape index (κ3) is 2.90. The zero-order valence-electron chi connectivity index (χ0n) is 16.9. The largest absolute Gasteiger partial charge is 0.0623 e. The Morgan fingerprint density at radius 3 is 1.92 bits per heavy atom. The van der Waals surface area contributed by atoms with Crippen molar-refractivity contribution >= 4 is 0 Å². The first kappa shape index (κ1) is 17.4. The average Bonchev–Trinajstić information content (AvgIpc) is 2.89. The summed E-state index contributed by atoms with van der Waals surface area (Å²) in [6.45, 7) is 9.72. The molecule has 0 N–H and O–H groups in total. The second-order valence-corrected chi connectivity index (χ2v) is 9.09. The van der Waals surface area contributed by atoms with Crippen LogP contribution in [0.25, 0.3) is 0 Å². The van der Waals surface area contributed by atoms with Crippen LogP contribution >= 0.6 is 0 Å². The van der Waals surface area contributed by atoms with Crippen LogP contribution in [0.5, 0.6) is 0 Å². The summed E-state index contributed by atoms with van der Waals surface area (Å²) in [6, 6.07) is 0. The van der Waals surface area contributed by atoms with E-state index in [1.807, 2.05) is 5.57 Å². The lowest BCUT2D eigenvalue weighted by molar-refractivity contribution is 0.607. The van der Waals surface area contributed by atoms with Crippen LogP contribution in [0.1, 0.15) is 98.3 Å². The Morgan fingerprint density at radius 2 is 1.24 bits per heavy atom. The van der Waals surface area contributed by atoms with Crippen LogP contribution in [-0.4, -0.2) is 0 Å². The highest BCUT2D eigenvalue weighted by atomic mass is 14.4. The molecule has 4 rings (SSSR count). The molecule has 0 aromatic carbocycles. The Bertz CT molecular complexity index is 692. The standard InChI is InChI=1S/C25H36/c1-16-17(2)25(23-14-10-6-7-11-20(16)23)15-24-18(3)21-12-8-5-9-13-22(21)19(24)4/h21,23H,5-15H2,1-4H3. The molecule has 2 atom stereocenters. The molecule has 0 amide bonds. The van der Waals surface area contributed by atoms with Crippen LogP contribution < -0.4 is 0 Å². The summed E-state index contributed by atoms with van der Waals surface area (Å²) in [5, 5.41) is 0. The van der Waals surface area contributed by atoms with Gasteiger partial charge >= 0.3 is 0 Å². The summed E-state index contributed by atoms with van der Waals surface area (Å²) in [4.78, 5) is 0. The van der Waals surface area contributed by atoms with E-state index in [4.69, 9.17) is 0 Å². The fraction of sp³-hybridized carbons (Fsp3) is 0.680. The van der Waals surface area contributed by atoms with Crippen molar-refractivity contribution < 1.29 is 0 Å². The van der Waals surface area contributed by atoms with Crippen molar-refractivity contribution in [1.82, 2.24) is 0 Å². The van der Waals surface area contributed by atoms with Crippen molar-refractivity contribution in [2.24, 2.45) is 11.8 Å². The number of hydrogen-bond acceptors (Lipinski definition) is 0. The molecule has 0 aliphatic heterocycles. The van der Waals surface area contributed by atoms with Crippen molar-refractivity contribution in [2.45, 2.75) is 98.3 Å². The predicted octanol–water partition coefficient (Wildman–Crippen LogP) is 7.83. The first-order valence-corrected chi connectivity index (χ1v) is 10.9. The van der Waals surface area contributed by atoms with Crippen molar-refractivity contribution in [1.29, 1.82) is 0 Å². The normalized spacial score (nSPS) is 30.7. The van der Waals surface area contributed by atoms with E-state index < -0.39 is 0 Å². The van der Waals surface area contributed by atoms with E-state index in [0.29, 0.717) is 0 Å². The molecule has 136 valence electrons. The van der Waals surface area contributed by atoms with Crippen LogP contribution in [0.4, 0.5) is 0 Å². The topological polar surface area (TPSA) is 0 Å². The third-order valence-electron chi connectivity index (χ3n) is 7.97. The molecule has 0 heteroatoms. The molecule has 0 aromatic heterocycles. The number of fused-ring (bicyclic) bond motifs is 2. The van der Waals surface area contributed by atoms with Gasteiger partial charge < -0.3 is 0 Å². The SMILES string of the molecule is CC1=C2CCCCCC2C(C)=C1CC1=C(C)C(C)=C2CCCCCC21. The van der Waals surface area contributed by atoms with E-state index in [9.17, 15) is 0 Å². The second-order valence-electron chi connectivity index (χ2n) is 9.09. The maximum atomic E-state index is 2.46. The quantitative estimate of drug-likeness (QED) is 0.482. The van der Waals surface area contributed by atoms with Gasteiger partial charge in [0.15, 0.2) is 0 Å². The minimum atomic E-state index is 0.783. The van der Waals surface area contributed by atoms with Gasteiger partial charge in [0, 0.05) is 11.8 Å².